The third-order valence-corrected chi connectivity index (χ3v) is 9.96. The van der Waals surface area contributed by atoms with E-state index in [2.05, 4.69) is 11.7 Å². The topological polar surface area (TPSA) is 36.9 Å². The summed E-state index contributed by atoms with van der Waals surface area (Å²) in [6.07, 6.45) is 2.82. The van der Waals surface area contributed by atoms with Gasteiger partial charge in [-0.1, -0.05) is 69.7 Å². The first-order valence-corrected chi connectivity index (χ1v) is 16.5. The van der Waals surface area contributed by atoms with E-state index in [9.17, 15) is 26.3 Å². The van der Waals surface area contributed by atoms with Gasteiger partial charge in [-0.2, -0.15) is 8.78 Å². The molecule has 1 saturated heterocycles. The molecule has 2 aromatic rings. The van der Waals surface area contributed by atoms with Gasteiger partial charge in [0.05, 0.1) is 19.1 Å². The number of ether oxygens (including phenoxy) is 4. The molecular weight excluding hydrogens is 598 g/mol. The van der Waals surface area contributed by atoms with Crippen LogP contribution in [-0.2, 0) is 9.47 Å². The van der Waals surface area contributed by atoms with Crippen molar-refractivity contribution in [2.45, 2.75) is 109 Å². The average molecular weight is 643 g/mol. The second-order valence-corrected chi connectivity index (χ2v) is 13.1. The molecule has 10 heteroatoms. The highest BCUT2D eigenvalue weighted by molar-refractivity contribution is 5.33. The quantitative estimate of drug-likeness (QED) is 0.181. The van der Waals surface area contributed by atoms with Crippen LogP contribution in [0.25, 0.3) is 0 Å². The lowest BCUT2D eigenvalue weighted by molar-refractivity contribution is -0.275. The van der Waals surface area contributed by atoms with Gasteiger partial charge in [0, 0.05) is 17.5 Å². The maximum absolute atomic E-state index is 14.9. The van der Waals surface area contributed by atoms with Gasteiger partial charge in [-0.3, -0.25) is 0 Å². The molecule has 45 heavy (non-hydrogen) atoms. The van der Waals surface area contributed by atoms with Crippen molar-refractivity contribution in [3.05, 3.63) is 59.4 Å². The van der Waals surface area contributed by atoms with Gasteiger partial charge < -0.3 is 18.9 Å². The minimum Gasteiger partial charge on any atom is -0.432 e. The standard InChI is InChI=1S/C35H44F6O4/c1-2-3-4-5-23-6-8-26(9-7-23)28-21-42-33(43-22-28)27-12-10-24(11-13-27)25-14-16-29(17-15-25)34(37,38)44-30-18-19-32(31(36)20-30)45-35(39,40)41/h10-13,18-20,23,25-26,28-29,33H,2-9,14-17,21-22H2,1H3. The second-order valence-electron chi connectivity index (χ2n) is 13.1. The Labute approximate surface area is 261 Å². The molecule has 2 aliphatic carbocycles. The van der Waals surface area contributed by atoms with Crippen molar-refractivity contribution < 1.29 is 45.3 Å². The number of hydrogen-bond donors (Lipinski definition) is 0. The summed E-state index contributed by atoms with van der Waals surface area (Å²) in [6.45, 7) is 3.66. The summed E-state index contributed by atoms with van der Waals surface area (Å²) < 4.78 is 101. The summed E-state index contributed by atoms with van der Waals surface area (Å²) in [4.78, 5) is 0. The van der Waals surface area contributed by atoms with E-state index in [1.807, 2.05) is 24.3 Å². The van der Waals surface area contributed by atoms with Gasteiger partial charge in [0.1, 0.15) is 5.75 Å². The molecule has 0 N–H and O–H groups in total. The van der Waals surface area contributed by atoms with E-state index >= 15 is 0 Å². The van der Waals surface area contributed by atoms with E-state index in [-0.39, 0.29) is 18.8 Å². The van der Waals surface area contributed by atoms with Crippen molar-refractivity contribution in [1.82, 2.24) is 0 Å². The summed E-state index contributed by atoms with van der Waals surface area (Å²) in [6, 6.07) is 9.95. The van der Waals surface area contributed by atoms with Crippen molar-refractivity contribution >= 4 is 0 Å². The van der Waals surface area contributed by atoms with E-state index in [1.54, 1.807) is 0 Å². The Bertz CT molecular complexity index is 1200. The number of rotatable bonds is 11. The van der Waals surface area contributed by atoms with Crippen molar-refractivity contribution in [2.75, 3.05) is 13.2 Å². The largest absolute Gasteiger partial charge is 0.573 e. The third-order valence-electron chi connectivity index (χ3n) is 9.96. The zero-order valence-corrected chi connectivity index (χ0v) is 25.8. The number of hydrogen-bond acceptors (Lipinski definition) is 4. The van der Waals surface area contributed by atoms with Gasteiger partial charge >= 0.3 is 12.5 Å². The van der Waals surface area contributed by atoms with Crippen molar-refractivity contribution in [3.63, 3.8) is 0 Å². The second kappa shape index (κ2) is 15.0. The predicted octanol–water partition coefficient (Wildman–Crippen LogP) is 10.7. The van der Waals surface area contributed by atoms with Crippen LogP contribution in [0.4, 0.5) is 26.3 Å². The highest BCUT2D eigenvalue weighted by Crippen LogP contribution is 2.44. The van der Waals surface area contributed by atoms with Crippen LogP contribution in [0.1, 0.15) is 107 Å². The number of alkyl halides is 5. The van der Waals surface area contributed by atoms with E-state index < -0.39 is 42.0 Å². The molecule has 0 aromatic heterocycles. The highest BCUT2D eigenvalue weighted by atomic mass is 19.4. The van der Waals surface area contributed by atoms with Crippen LogP contribution >= 0.6 is 0 Å². The molecule has 0 spiro atoms. The summed E-state index contributed by atoms with van der Waals surface area (Å²) in [7, 11) is 0. The Balaban J connectivity index is 1.05. The fourth-order valence-corrected chi connectivity index (χ4v) is 7.30. The Morgan fingerprint density at radius 2 is 1.38 bits per heavy atom. The van der Waals surface area contributed by atoms with Gasteiger partial charge in [0.2, 0.25) is 0 Å². The molecule has 1 aliphatic heterocycles. The molecule has 0 radical (unpaired) electrons. The highest BCUT2D eigenvalue weighted by Gasteiger charge is 2.44. The van der Waals surface area contributed by atoms with E-state index in [0.29, 0.717) is 50.0 Å². The van der Waals surface area contributed by atoms with Gasteiger partial charge in [0.15, 0.2) is 17.9 Å². The Morgan fingerprint density at radius 3 is 1.98 bits per heavy atom. The minimum absolute atomic E-state index is 0.108. The van der Waals surface area contributed by atoms with Crippen LogP contribution in [0, 0.1) is 29.5 Å². The SMILES string of the molecule is CCCCCC1CCC(C2COC(c3ccc(C4CCC(C(F)(F)Oc5ccc(OC(F)(F)F)c(F)c5)CC4)cc3)OC2)CC1. The fraction of sp³-hybridized carbons (Fsp3) is 0.657. The summed E-state index contributed by atoms with van der Waals surface area (Å²) >= 11 is 0. The molecule has 0 unspecified atom stereocenters. The zero-order valence-electron chi connectivity index (χ0n) is 25.8. The van der Waals surface area contributed by atoms with Crippen LogP contribution in [0.5, 0.6) is 11.5 Å². The lowest BCUT2D eigenvalue weighted by atomic mass is 9.74. The first kappa shape index (κ1) is 33.9. The zero-order chi connectivity index (χ0) is 32.0. The van der Waals surface area contributed by atoms with E-state index in [0.717, 1.165) is 23.1 Å². The Morgan fingerprint density at radius 1 is 0.733 bits per heavy atom. The van der Waals surface area contributed by atoms with Gasteiger partial charge in [-0.05, 0) is 74.0 Å². The average Bonchev–Trinajstić information content (AvgIpc) is 3.02. The maximum atomic E-state index is 14.9. The fourth-order valence-electron chi connectivity index (χ4n) is 7.30. The lowest BCUT2D eigenvalue weighted by Gasteiger charge is -2.38. The molecule has 2 saturated carbocycles. The first-order chi connectivity index (χ1) is 21.5. The number of benzene rings is 2. The van der Waals surface area contributed by atoms with Gasteiger partial charge in [-0.25, -0.2) is 4.39 Å². The Hall–Kier alpha value is -2.46. The van der Waals surface area contributed by atoms with Crippen LogP contribution in [0.3, 0.4) is 0 Å². The van der Waals surface area contributed by atoms with E-state index in [1.165, 1.54) is 51.4 Å². The van der Waals surface area contributed by atoms with Crippen LogP contribution in [0.15, 0.2) is 42.5 Å². The summed E-state index contributed by atoms with van der Waals surface area (Å²) in [5.41, 5.74) is 2.01. The maximum Gasteiger partial charge on any atom is 0.573 e. The minimum atomic E-state index is -5.10. The Kier molecular flexibility index (Phi) is 11.3. The molecule has 3 fully saturated rings. The third kappa shape index (κ3) is 9.31. The molecule has 3 aliphatic rings. The van der Waals surface area contributed by atoms with Gasteiger partial charge in [0.25, 0.3) is 0 Å². The molecule has 250 valence electrons. The number of unbranched alkanes of at least 4 members (excludes halogenated alkanes) is 2. The molecule has 1 heterocycles. The van der Waals surface area contributed by atoms with Crippen molar-refractivity contribution in [2.24, 2.45) is 23.7 Å². The molecule has 0 atom stereocenters. The smallest absolute Gasteiger partial charge is 0.432 e. The first-order valence-electron chi connectivity index (χ1n) is 16.5. The van der Waals surface area contributed by atoms with Crippen molar-refractivity contribution in [3.8, 4) is 11.5 Å². The predicted molar refractivity (Wildman–Crippen MR) is 158 cm³/mol. The van der Waals surface area contributed by atoms with Gasteiger partial charge in [-0.15, -0.1) is 13.2 Å². The molecule has 2 aromatic carbocycles. The molecule has 0 amide bonds. The monoisotopic (exact) mass is 642 g/mol. The number of halogens is 6. The summed E-state index contributed by atoms with van der Waals surface area (Å²) in [5.74, 6) is -2.11. The summed E-state index contributed by atoms with van der Waals surface area (Å²) in [5, 5.41) is 0. The molecule has 5 rings (SSSR count). The lowest BCUT2D eigenvalue weighted by Crippen LogP contribution is -2.37. The molecule has 4 nitrogen and oxygen atoms in total. The normalized spacial score (nSPS) is 28.1. The van der Waals surface area contributed by atoms with Crippen LogP contribution in [-0.4, -0.2) is 25.7 Å². The van der Waals surface area contributed by atoms with Crippen LogP contribution < -0.4 is 9.47 Å². The van der Waals surface area contributed by atoms with E-state index in [4.69, 9.17) is 14.2 Å². The van der Waals surface area contributed by atoms with Crippen molar-refractivity contribution in [1.29, 1.82) is 0 Å². The molecular formula is C35H44F6O4. The molecule has 0 bridgehead atoms. The van der Waals surface area contributed by atoms with Crippen LogP contribution in [0.2, 0.25) is 0 Å².